The molecule has 0 bridgehead atoms. The summed E-state index contributed by atoms with van der Waals surface area (Å²) in [5.41, 5.74) is 3.48. The van der Waals surface area contributed by atoms with Gasteiger partial charge in [0.1, 0.15) is 10.0 Å². The molecule has 0 spiro atoms. The molecular weight excluding hydrogens is 356 g/mol. The SMILES string of the molecule is Cc1cccc(C2CCCN2C(=O)NCc2nnc(-c3ccccc3)s2)c1. The van der Waals surface area contributed by atoms with Gasteiger partial charge in [-0.25, -0.2) is 4.79 Å². The number of nitrogens with one attached hydrogen (secondary N) is 1. The molecule has 0 saturated carbocycles. The standard InChI is InChI=1S/C21H22N4OS/c1-15-7-5-10-17(13-15)18-11-6-12-25(18)21(26)22-14-19-23-24-20(27-19)16-8-3-2-4-9-16/h2-5,7-10,13,18H,6,11-12,14H2,1H3,(H,22,26). The van der Waals surface area contributed by atoms with Gasteiger partial charge in [-0.05, 0) is 25.3 Å². The first-order valence-electron chi connectivity index (χ1n) is 9.19. The van der Waals surface area contributed by atoms with Crippen molar-refractivity contribution in [2.45, 2.75) is 32.4 Å². The predicted octanol–water partition coefficient (Wildman–Crippen LogP) is 4.56. The minimum absolute atomic E-state index is 0.0320. The summed E-state index contributed by atoms with van der Waals surface area (Å²) in [7, 11) is 0. The molecule has 1 aromatic heterocycles. The van der Waals surface area contributed by atoms with Crippen LogP contribution in [0.25, 0.3) is 10.6 Å². The van der Waals surface area contributed by atoms with Gasteiger partial charge in [0.2, 0.25) is 0 Å². The van der Waals surface area contributed by atoms with Gasteiger partial charge < -0.3 is 10.2 Å². The quantitative estimate of drug-likeness (QED) is 0.724. The van der Waals surface area contributed by atoms with Crippen molar-refractivity contribution in [1.29, 1.82) is 0 Å². The van der Waals surface area contributed by atoms with Crippen molar-refractivity contribution in [2.24, 2.45) is 0 Å². The first kappa shape index (κ1) is 17.7. The van der Waals surface area contributed by atoms with E-state index in [4.69, 9.17) is 0 Å². The Morgan fingerprint density at radius 1 is 1.19 bits per heavy atom. The maximum absolute atomic E-state index is 12.7. The van der Waals surface area contributed by atoms with E-state index in [0.717, 1.165) is 35.0 Å². The third kappa shape index (κ3) is 4.01. The number of hydrogen-bond acceptors (Lipinski definition) is 4. The molecular formula is C21H22N4OS. The van der Waals surface area contributed by atoms with Crippen LogP contribution in [0.5, 0.6) is 0 Å². The molecule has 1 fully saturated rings. The van der Waals surface area contributed by atoms with E-state index in [2.05, 4.69) is 46.7 Å². The van der Waals surface area contributed by atoms with Gasteiger partial charge in [-0.15, -0.1) is 10.2 Å². The van der Waals surface area contributed by atoms with Crippen molar-refractivity contribution >= 4 is 17.4 Å². The summed E-state index contributed by atoms with van der Waals surface area (Å²) < 4.78 is 0. The molecule has 6 heteroatoms. The third-order valence-corrected chi connectivity index (χ3v) is 5.79. The summed E-state index contributed by atoms with van der Waals surface area (Å²) in [5, 5.41) is 13.2. The molecule has 5 nitrogen and oxygen atoms in total. The lowest BCUT2D eigenvalue weighted by molar-refractivity contribution is 0.192. The summed E-state index contributed by atoms with van der Waals surface area (Å²) in [6.07, 6.45) is 2.04. The number of aryl methyl sites for hydroxylation is 1. The molecule has 3 aromatic rings. The second kappa shape index (κ2) is 7.88. The number of rotatable bonds is 4. The van der Waals surface area contributed by atoms with Crippen LogP contribution in [-0.2, 0) is 6.54 Å². The Hall–Kier alpha value is -2.73. The number of amides is 2. The normalized spacial score (nSPS) is 16.5. The van der Waals surface area contributed by atoms with Crippen LogP contribution in [-0.4, -0.2) is 27.7 Å². The maximum Gasteiger partial charge on any atom is 0.318 e. The van der Waals surface area contributed by atoms with Crippen molar-refractivity contribution in [3.63, 3.8) is 0 Å². The highest BCUT2D eigenvalue weighted by atomic mass is 32.1. The van der Waals surface area contributed by atoms with Crippen LogP contribution in [0.15, 0.2) is 54.6 Å². The fourth-order valence-corrected chi connectivity index (χ4v) is 4.29. The number of carbonyl (C=O) groups excluding carboxylic acids is 1. The topological polar surface area (TPSA) is 58.1 Å². The second-order valence-corrected chi connectivity index (χ2v) is 7.85. The van der Waals surface area contributed by atoms with E-state index < -0.39 is 0 Å². The Bertz CT molecular complexity index is 925. The van der Waals surface area contributed by atoms with E-state index in [0.29, 0.717) is 6.54 Å². The van der Waals surface area contributed by atoms with Gasteiger partial charge in [0, 0.05) is 12.1 Å². The van der Waals surface area contributed by atoms with Crippen molar-refractivity contribution in [3.05, 3.63) is 70.7 Å². The Labute approximate surface area is 163 Å². The van der Waals surface area contributed by atoms with Crippen LogP contribution in [0.3, 0.4) is 0 Å². The van der Waals surface area contributed by atoms with Crippen LogP contribution in [0.4, 0.5) is 4.79 Å². The minimum atomic E-state index is -0.0320. The molecule has 27 heavy (non-hydrogen) atoms. The first-order chi connectivity index (χ1) is 13.2. The lowest BCUT2D eigenvalue weighted by atomic mass is 10.0. The van der Waals surface area contributed by atoms with E-state index in [1.807, 2.05) is 35.2 Å². The van der Waals surface area contributed by atoms with Crippen LogP contribution in [0, 0.1) is 6.92 Å². The number of hydrogen-bond donors (Lipinski definition) is 1. The van der Waals surface area contributed by atoms with Gasteiger partial charge >= 0.3 is 6.03 Å². The third-order valence-electron chi connectivity index (χ3n) is 4.82. The molecule has 1 unspecified atom stereocenters. The molecule has 0 aliphatic carbocycles. The monoisotopic (exact) mass is 378 g/mol. The molecule has 138 valence electrons. The summed E-state index contributed by atoms with van der Waals surface area (Å²) >= 11 is 1.51. The van der Waals surface area contributed by atoms with Crippen LogP contribution >= 0.6 is 11.3 Å². The summed E-state index contributed by atoms with van der Waals surface area (Å²) in [4.78, 5) is 14.7. The fourth-order valence-electron chi connectivity index (χ4n) is 3.51. The minimum Gasteiger partial charge on any atom is -0.331 e. The molecule has 1 atom stereocenters. The van der Waals surface area contributed by atoms with Crippen molar-refractivity contribution in [1.82, 2.24) is 20.4 Å². The maximum atomic E-state index is 12.7. The lowest BCUT2D eigenvalue weighted by Crippen LogP contribution is -2.39. The molecule has 2 aromatic carbocycles. The number of urea groups is 1. The average Bonchev–Trinajstić information content (AvgIpc) is 3.36. The summed E-state index contributed by atoms with van der Waals surface area (Å²) in [5.74, 6) is 0. The largest absolute Gasteiger partial charge is 0.331 e. The van der Waals surface area contributed by atoms with Crippen LogP contribution < -0.4 is 5.32 Å². The zero-order valence-electron chi connectivity index (χ0n) is 15.3. The highest BCUT2D eigenvalue weighted by Crippen LogP contribution is 2.32. The molecule has 4 rings (SSSR count). The van der Waals surface area contributed by atoms with E-state index in [-0.39, 0.29) is 12.1 Å². The van der Waals surface area contributed by atoms with Gasteiger partial charge in [-0.3, -0.25) is 0 Å². The van der Waals surface area contributed by atoms with E-state index >= 15 is 0 Å². The zero-order chi connectivity index (χ0) is 18.6. The van der Waals surface area contributed by atoms with Gasteiger partial charge in [-0.2, -0.15) is 0 Å². The highest BCUT2D eigenvalue weighted by Gasteiger charge is 2.29. The first-order valence-corrected chi connectivity index (χ1v) is 10.0. The Morgan fingerprint density at radius 2 is 2.04 bits per heavy atom. The Balaban J connectivity index is 1.40. The smallest absolute Gasteiger partial charge is 0.318 e. The fraction of sp³-hybridized carbons (Fsp3) is 0.286. The Kier molecular flexibility index (Phi) is 5.16. The molecule has 1 N–H and O–H groups in total. The van der Waals surface area contributed by atoms with Gasteiger partial charge in [0.25, 0.3) is 0 Å². The second-order valence-electron chi connectivity index (χ2n) is 6.79. The van der Waals surface area contributed by atoms with Crippen LogP contribution in [0.1, 0.15) is 35.0 Å². The van der Waals surface area contributed by atoms with Gasteiger partial charge in [0.15, 0.2) is 0 Å². The average molecular weight is 379 g/mol. The number of carbonyl (C=O) groups is 1. The molecule has 0 radical (unpaired) electrons. The van der Waals surface area contributed by atoms with Crippen LogP contribution in [0.2, 0.25) is 0 Å². The molecule has 1 saturated heterocycles. The van der Waals surface area contributed by atoms with Crippen molar-refractivity contribution in [3.8, 4) is 10.6 Å². The van der Waals surface area contributed by atoms with Gasteiger partial charge in [0.05, 0.1) is 12.6 Å². The molecule has 2 heterocycles. The summed E-state index contributed by atoms with van der Waals surface area (Å²) in [6.45, 7) is 3.28. The molecule has 1 aliphatic heterocycles. The predicted molar refractivity (Wildman–Crippen MR) is 107 cm³/mol. The number of benzene rings is 2. The number of nitrogens with zero attached hydrogens (tertiary/aromatic N) is 3. The number of aromatic nitrogens is 2. The molecule has 1 aliphatic rings. The van der Waals surface area contributed by atoms with E-state index in [1.165, 1.54) is 22.5 Å². The van der Waals surface area contributed by atoms with E-state index in [1.54, 1.807) is 0 Å². The van der Waals surface area contributed by atoms with E-state index in [9.17, 15) is 4.79 Å². The Morgan fingerprint density at radius 3 is 2.85 bits per heavy atom. The van der Waals surface area contributed by atoms with Crippen molar-refractivity contribution in [2.75, 3.05) is 6.54 Å². The molecule has 2 amide bonds. The lowest BCUT2D eigenvalue weighted by Gasteiger charge is -2.25. The van der Waals surface area contributed by atoms with Gasteiger partial charge in [-0.1, -0.05) is 71.5 Å². The summed E-state index contributed by atoms with van der Waals surface area (Å²) in [6, 6.07) is 18.5. The number of likely N-dealkylation sites (tertiary alicyclic amines) is 1. The highest BCUT2D eigenvalue weighted by molar-refractivity contribution is 7.14. The van der Waals surface area contributed by atoms with Crippen molar-refractivity contribution < 1.29 is 4.79 Å². The zero-order valence-corrected chi connectivity index (χ0v) is 16.1.